The van der Waals surface area contributed by atoms with Gasteiger partial charge >= 0.3 is 12.0 Å². The molecule has 2 heterocycles. The molecule has 1 aromatic carbocycles. The lowest BCUT2D eigenvalue weighted by Crippen LogP contribution is -2.63. The molecule has 2 aliphatic heterocycles. The number of ether oxygens (including phenoxy) is 1. The Balaban J connectivity index is 1.79. The standard InChI is InChI=1S/C17H22N2O4/c1-23-16(21)15-10-14(20)9-13-7-8-18(17(22)19(13)15)11-12-5-3-2-4-6-12/h2-6,13-15,20H,7-11H2,1H3/t13-,14-,15+/m1/s1. The van der Waals surface area contributed by atoms with E-state index in [9.17, 15) is 14.7 Å². The minimum atomic E-state index is -0.695. The van der Waals surface area contributed by atoms with E-state index < -0.39 is 18.1 Å². The fourth-order valence-corrected chi connectivity index (χ4v) is 3.56. The van der Waals surface area contributed by atoms with E-state index in [1.165, 1.54) is 7.11 Å². The maximum atomic E-state index is 12.9. The molecular weight excluding hydrogens is 296 g/mol. The molecule has 124 valence electrons. The van der Waals surface area contributed by atoms with Gasteiger partial charge in [-0.3, -0.25) is 0 Å². The van der Waals surface area contributed by atoms with Gasteiger partial charge in [-0.25, -0.2) is 9.59 Å². The van der Waals surface area contributed by atoms with Crippen LogP contribution < -0.4 is 0 Å². The van der Waals surface area contributed by atoms with Gasteiger partial charge in [-0.2, -0.15) is 0 Å². The molecule has 3 atom stereocenters. The molecule has 0 spiro atoms. The molecule has 0 aliphatic carbocycles. The van der Waals surface area contributed by atoms with Crippen LogP contribution in [0.5, 0.6) is 0 Å². The Bertz CT molecular complexity index is 577. The zero-order valence-corrected chi connectivity index (χ0v) is 13.2. The molecule has 0 unspecified atom stereocenters. The third-order valence-corrected chi connectivity index (χ3v) is 4.68. The first kappa shape index (κ1) is 15.8. The summed E-state index contributed by atoms with van der Waals surface area (Å²) in [5.41, 5.74) is 1.06. The van der Waals surface area contributed by atoms with Crippen molar-refractivity contribution in [2.75, 3.05) is 13.7 Å². The van der Waals surface area contributed by atoms with Crippen molar-refractivity contribution in [2.45, 2.75) is 44.0 Å². The summed E-state index contributed by atoms with van der Waals surface area (Å²) in [5.74, 6) is -0.455. The van der Waals surface area contributed by atoms with Crippen molar-refractivity contribution in [3.05, 3.63) is 35.9 Å². The number of carbonyl (C=O) groups excluding carboxylic acids is 2. The summed E-state index contributed by atoms with van der Waals surface area (Å²) >= 11 is 0. The number of rotatable bonds is 3. The molecule has 2 aliphatic rings. The van der Waals surface area contributed by atoms with Crippen LogP contribution in [0.25, 0.3) is 0 Å². The maximum absolute atomic E-state index is 12.9. The average molecular weight is 318 g/mol. The number of hydrogen-bond acceptors (Lipinski definition) is 4. The van der Waals surface area contributed by atoms with Gasteiger partial charge in [0.25, 0.3) is 0 Å². The molecule has 1 aromatic rings. The van der Waals surface area contributed by atoms with Crippen molar-refractivity contribution in [2.24, 2.45) is 0 Å². The highest BCUT2D eigenvalue weighted by molar-refractivity contribution is 5.84. The Hall–Kier alpha value is -2.08. The molecule has 0 bridgehead atoms. The Labute approximate surface area is 135 Å². The molecule has 2 fully saturated rings. The van der Waals surface area contributed by atoms with Crippen LogP contribution in [0.4, 0.5) is 4.79 Å². The Morgan fingerprint density at radius 2 is 2.04 bits per heavy atom. The van der Waals surface area contributed by atoms with Crippen LogP contribution in [0.3, 0.4) is 0 Å². The fraction of sp³-hybridized carbons (Fsp3) is 0.529. The third kappa shape index (κ3) is 3.17. The second-order valence-electron chi connectivity index (χ2n) is 6.20. The maximum Gasteiger partial charge on any atom is 0.328 e. The van der Waals surface area contributed by atoms with Crippen LogP contribution in [-0.4, -0.2) is 58.7 Å². The number of fused-ring (bicyclic) bond motifs is 1. The number of nitrogens with zero attached hydrogens (tertiary/aromatic N) is 2. The smallest absolute Gasteiger partial charge is 0.328 e. The average Bonchev–Trinajstić information content (AvgIpc) is 2.57. The van der Waals surface area contributed by atoms with Crippen LogP contribution in [0, 0.1) is 0 Å². The highest BCUT2D eigenvalue weighted by Gasteiger charge is 2.45. The van der Waals surface area contributed by atoms with E-state index >= 15 is 0 Å². The van der Waals surface area contributed by atoms with E-state index in [-0.39, 0.29) is 18.5 Å². The van der Waals surface area contributed by atoms with Crippen LogP contribution in [0.1, 0.15) is 24.8 Å². The number of amides is 2. The lowest BCUT2D eigenvalue weighted by atomic mass is 9.90. The SMILES string of the molecule is COC(=O)[C@@H]1C[C@H](O)C[C@H]2CCN(Cc3ccccc3)C(=O)N21. The van der Waals surface area contributed by atoms with Gasteiger partial charge in [0.15, 0.2) is 0 Å². The van der Waals surface area contributed by atoms with Crippen LogP contribution in [0.15, 0.2) is 30.3 Å². The van der Waals surface area contributed by atoms with E-state index in [1.54, 1.807) is 9.80 Å². The van der Waals surface area contributed by atoms with Crippen molar-refractivity contribution in [3.8, 4) is 0 Å². The minimum absolute atomic E-state index is 0.0950. The van der Waals surface area contributed by atoms with E-state index in [1.807, 2.05) is 30.3 Å². The van der Waals surface area contributed by atoms with Crippen molar-refractivity contribution in [1.82, 2.24) is 9.80 Å². The number of hydrogen-bond donors (Lipinski definition) is 1. The Morgan fingerprint density at radius 1 is 1.30 bits per heavy atom. The first-order valence-corrected chi connectivity index (χ1v) is 7.97. The number of carbonyl (C=O) groups is 2. The number of piperidine rings is 1. The number of benzene rings is 1. The number of aliphatic hydroxyl groups is 1. The second-order valence-corrected chi connectivity index (χ2v) is 6.20. The topological polar surface area (TPSA) is 70.1 Å². The summed E-state index contributed by atoms with van der Waals surface area (Å²) in [5, 5.41) is 9.99. The molecule has 1 N–H and O–H groups in total. The molecule has 6 nitrogen and oxygen atoms in total. The van der Waals surface area contributed by atoms with Crippen molar-refractivity contribution >= 4 is 12.0 Å². The predicted octanol–water partition coefficient (Wildman–Crippen LogP) is 1.38. The molecule has 0 radical (unpaired) electrons. The zero-order chi connectivity index (χ0) is 16.4. The molecule has 2 saturated heterocycles. The summed E-state index contributed by atoms with van der Waals surface area (Å²) in [6.45, 7) is 1.16. The summed E-state index contributed by atoms with van der Waals surface area (Å²) in [6.07, 6.45) is 0.962. The van der Waals surface area contributed by atoms with Gasteiger partial charge in [-0.15, -0.1) is 0 Å². The second kappa shape index (κ2) is 6.58. The minimum Gasteiger partial charge on any atom is -0.467 e. The summed E-state index contributed by atoms with van der Waals surface area (Å²) in [6, 6.07) is 8.86. The highest BCUT2D eigenvalue weighted by atomic mass is 16.5. The summed E-state index contributed by atoms with van der Waals surface area (Å²) < 4.78 is 4.83. The van der Waals surface area contributed by atoms with E-state index in [0.29, 0.717) is 19.5 Å². The zero-order valence-electron chi connectivity index (χ0n) is 13.2. The Morgan fingerprint density at radius 3 is 2.74 bits per heavy atom. The van der Waals surface area contributed by atoms with E-state index in [4.69, 9.17) is 4.74 Å². The van der Waals surface area contributed by atoms with Gasteiger partial charge in [0.05, 0.1) is 13.2 Å². The van der Waals surface area contributed by atoms with Gasteiger partial charge in [-0.05, 0) is 18.4 Å². The quantitative estimate of drug-likeness (QED) is 0.855. The summed E-state index contributed by atoms with van der Waals surface area (Å²) in [7, 11) is 1.31. The van der Waals surface area contributed by atoms with E-state index in [2.05, 4.69) is 0 Å². The summed E-state index contributed by atoms with van der Waals surface area (Å²) in [4.78, 5) is 28.3. The number of aliphatic hydroxyl groups excluding tert-OH is 1. The molecule has 6 heteroatoms. The van der Waals surface area contributed by atoms with Crippen molar-refractivity contribution in [3.63, 3.8) is 0 Å². The molecule has 3 rings (SSSR count). The molecule has 0 aromatic heterocycles. The number of urea groups is 1. The molecular formula is C17H22N2O4. The molecule has 2 amide bonds. The fourth-order valence-electron chi connectivity index (χ4n) is 3.56. The molecule has 0 saturated carbocycles. The van der Waals surface area contributed by atoms with E-state index in [0.717, 1.165) is 12.0 Å². The van der Waals surface area contributed by atoms with Crippen molar-refractivity contribution < 1.29 is 19.4 Å². The normalized spacial score (nSPS) is 27.6. The number of esters is 1. The first-order valence-electron chi connectivity index (χ1n) is 7.97. The lowest BCUT2D eigenvalue weighted by Gasteiger charge is -2.48. The van der Waals surface area contributed by atoms with Gasteiger partial charge < -0.3 is 19.6 Å². The first-order chi connectivity index (χ1) is 11.1. The number of methoxy groups -OCH3 is 1. The monoisotopic (exact) mass is 318 g/mol. The highest BCUT2D eigenvalue weighted by Crippen LogP contribution is 2.31. The predicted molar refractivity (Wildman–Crippen MR) is 83.5 cm³/mol. The van der Waals surface area contributed by atoms with Crippen LogP contribution in [-0.2, 0) is 16.1 Å². The lowest BCUT2D eigenvalue weighted by molar-refractivity contribution is -0.151. The van der Waals surface area contributed by atoms with Gasteiger partial charge in [-0.1, -0.05) is 30.3 Å². The molecule has 23 heavy (non-hydrogen) atoms. The largest absolute Gasteiger partial charge is 0.467 e. The Kier molecular flexibility index (Phi) is 4.52. The van der Waals surface area contributed by atoms with Crippen LogP contribution in [0.2, 0.25) is 0 Å². The van der Waals surface area contributed by atoms with Gasteiger partial charge in [0.1, 0.15) is 6.04 Å². The third-order valence-electron chi connectivity index (χ3n) is 4.68. The van der Waals surface area contributed by atoms with Crippen LogP contribution >= 0.6 is 0 Å². The van der Waals surface area contributed by atoms with Gasteiger partial charge in [0.2, 0.25) is 0 Å². The van der Waals surface area contributed by atoms with Crippen molar-refractivity contribution in [1.29, 1.82) is 0 Å². The van der Waals surface area contributed by atoms with Gasteiger partial charge in [0, 0.05) is 25.6 Å².